The largest absolute Gasteiger partial charge is 0.495 e. The molecule has 0 spiro atoms. The van der Waals surface area contributed by atoms with Crippen molar-refractivity contribution in [2.75, 3.05) is 19.0 Å². The summed E-state index contributed by atoms with van der Waals surface area (Å²) in [5, 5.41) is 14.1. The van der Waals surface area contributed by atoms with Crippen molar-refractivity contribution in [3.05, 3.63) is 47.0 Å². The van der Waals surface area contributed by atoms with Crippen LogP contribution in [-0.2, 0) is 0 Å². The summed E-state index contributed by atoms with van der Waals surface area (Å²) < 4.78 is 6.36. The maximum atomic E-state index is 8.78. The highest BCUT2D eigenvalue weighted by Crippen LogP contribution is 2.37. The molecule has 2 aromatic carbocycles. The summed E-state index contributed by atoms with van der Waals surface area (Å²) in [7, 11) is 1.63. The van der Waals surface area contributed by atoms with Gasteiger partial charge in [-0.15, -0.1) is 0 Å². The Morgan fingerprint density at radius 2 is 2.21 bits per heavy atom. The van der Waals surface area contributed by atoms with Crippen molar-refractivity contribution in [1.82, 2.24) is 0 Å². The molecule has 96 valence electrons. The molecule has 4 heteroatoms. The van der Waals surface area contributed by atoms with Crippen LogP contribution in [0.25, 0.3) is 10.8 Å². The summed E-state index contributed by atoms with van der Waals surface area (Å²) >= 11 is 3.55. The molecule has 0 aliphatic carbocycles. The average molecular weight is 317 g/mol. The van der Waals surface area contributed by atoms with Gasteiger partial charge in [0.05, 0.1) is 18.9 Å². The van der Waals surface area contributed by atoms with Crippen LogP contribution in [0.1, 0.15) is 0 Å². The molecule has 0 radical (unpaired) electrons. The SMILES string of the molecule is C=C(C#N)CNc1c(OC)ccc2cccc(Br)c12. The van der Waals surface area contributed by atoms with Crippen molar-refractivity contribution in [2.45, 2.75) is 0 Å². The van der Waals surface area contributed by atoms with Crippen LogP contribution in [0.3, 0.4) is 0 Å². The van der Waals surface area contributed by atoms with Crippen LogP contribution < -0.4 is 10.1 Å². The van der Waals surface area contributed by atoms with Crippen LogP contribution >= 0.6 is 15.9 Å². The second kappa shape index (κ2) is 5.77. The molecule has 0 amide bonds. The molecule has 2 aromatic rings. The quantitative estimate of drug-likeness (QED) is 0.864. The highest BCUT2D eigenvalue weighted by molar-refractivity contribution is 9.10. The molecule has 0 unspecified atom stereocenters. The first-order chi connectivity index (χ1) is 9.17. The van der Waals surface area contributed by atoms with Gasteiger partial charge in [-0.1, -0.05) is 40.7 Å². The van der Waals surface area contributed by atoms with E-state index in [0.29, 0.717) is 12.1 Å². The van der Waals surface area contributed by atoms with E-state index in [9.17, 15) is 0 Å². The van der Waals surface area contributed by atoms with E-state index in [4.69, 9.17) is 10.00 Å². The van der Waals surface area contributed by atoms with E-state index in [-0.39, 0.29) is 0 Å². The fourth-order valence-electron chi connectivity index (χ4n) is 1.90. The zero-order valence-corrected chi connectivity index (χ0v) is 12.1. The molecule has 3 nitrogen and oxygen atoms in total. The number of nitrogens with zero attached hydrogens (tertiary/aromatic N) is 1. The first-order valence-electron chi connectivity index (χ1n) is 5.74. The van der Waals surface area contributed by atoms with Gasteiger partial charge in [0.25, 0.3) is 0 Å². The number of methoxy groups -OCH3 is 1. The molecule has 0 atom stereocenters. The van der Waals surface area contributed by atoms with Gasteiger partial charge in [-0.2, -0.15) is 5.26 Å². The van der Waals surface area contributed by atoms with Gasteiger partial charge in [-0.05, 0) is 17.5 Å². The highest BCUT2D eigenvalue weighted by Gasteiger charge is 2.10. The summed E-state index contributed by atoms with van der Waals surface area (Å²) in [4.78, 5) is 0. The molecule has 0 bridgehead atoms. The van der Waals surface area contributed by atoms with Crippen LogP contribution in [-0.4, -0.2) is 13.7 Å². The smallest absolute Gasteiger partial charge is 0.142 e. The minimum absolute atomic E-state index is 0.396. The van der Waals surface area contributed by atoms with Crippen LogP contribution in [0.4, 0.5) is 5.69 Å². The average Bonchev–Trinajstić information content (AvgIpc) is 2.44. The van der Waals surface area contributed by atoms with E-state index in [1.165, 1.54) is 0 Å². The maximum Gasteiger partial charge on any atom is 0.142 e. The molecule has 0 saturated carbocycles. The number of ether oxygens (including phenoxy) is 1. The topological polar surface area (TPSA) is 45.0 Å². The summed E-state index contributed by atoms with van der Waals surface area (Å²) in [5.74, 6) is 0.741. The second-order valence-electron chi connectivity index (χ2n) is 4.05. The van der Waals surface area contributed by atoms with Gasteiger partial charge in [0.15, 0.2) is 0 Å². The molecule has 0 aromatic heterocycles. The number of hydrogen-bond donors (Lipinski definition) is 1. The summed E-state index contributed by atoms with van der Waals surface area (Å²) in [6.07, 6.45) is 0. The Labute approximate surface area is 120 Å². The molecular weight excluding hydrogens is 304 g/mol. The lowest BCUT2D eigenvalue weighted by atomic mass is 10.1. The van der Waals surface area contributed by atoms with E-state index in [1.807, 2.05) is 36.4 Å². The van der Waals surface area contributed by atoms with Crippen molar-refractivity contribution in [1.29, 1.82) is 5.26 Å². The van der Waals surface area contributed by atoms with Crippen molar-refractivity contribution in [3.63, 3.8) is 0 Å². The van der Waals surface area contributed by atoms with Crippen molar-refractivity contribution in [2.24, 2.45) is 0 Å². The molecule has 2 rings (SSSR count). The normalized spacial score (nSPS) is 9.95. The molecule has 0 aliphatic rings. The van der Waals surface area contributed by atoms with Crippen LogP contribution in [0, 0.1) is 11.3 Å². The monoisotopic (exact) mass is 316 g/mol. The fraction of sp³-hybridized carbons (Fsp3) is 0.133. The minimum Gasteiger partial charge on any atom is -0.495 e. The zero-order valence-electron chi connectivity index (χ0n) is 10.5. The molecular formula is C15H13BrN2O. The molecule has 0 aliphatic heterocycles. The van der Waals surface area contributed by atoms with Gasteiger partial charge in [0.2, 0.25) is 0 Å². The van der Waals surface area contributed by atoms with E-state index in [2.05, 4.69) is 27.8 Å². The summed E-state index contributed by atoms with van der Waals surface area (Å²) in [6, 6.07) is 11.9. The number of halogens is 1. The molecule has 0 fully saturated rings. The lowest BCUT2D eigenvalue weighted by Gasteiger charge is -2.14. The predicted octanol–water partition coefficient (Wildman–Crippen LogP) is 4.10. The lowest BCUT2D eigenvalue weighted by molar-refractivity contribution is 0.417. The Balaban J connectivity index is 2.55. The molecule has 1 N–H and O–H groups in total. The Morgan fingerprint density at radius 1 is 1.42 bits per heavy atom. The molecule has 0 heterocycles. The third-order valence-corrected chi connectivity index (χ3v) is 3.47. The highest BCUT2D eigenvalue weighted by atomic mass is 79.9. The molecule has 19 heavy (non-hydrogen) atoms. The van der Waals surface area contributed by atoms with Crippen molar-refractivity contribution >= 4 is 32.4 Å². The van der Waals surface area contributed by atoms with Gasteiger partial charge < -0.3 is 10.1 Å². The van der Waals surface area contributed by atoms with Crippen molar-refractivity contribution in [3.8, 4) is 11.8 Å². The van der Waals surface area contributed by atoms with Gasteiger partial charge >= 0.3 is 0 Å². The van der Waals surface area contributed by atoms with Crippen molar-refractivity contribution < 1.29 is 4.74 Å². The van der Waals surface area contributed by atoms with Crippen LogP contribution in [0.5, 0.6) is 5.75 Å². The minimum atomic E-state index is 0.396. The summed E-state index contributed by atoms with van der Waals surface area (Å²) in [6.45, 7) is 4.07. The van der Waals surface area contributed by atoms with Gasteiger partial charge in [-0.25, -0.2) is 0 Å². The maximum absolute atomic E-state index is 8.78. The van der Waals surface area contributed by atoms with Crippen LogP contribution in [0.15, 0.2) is 47.0 Å². The number of nitrogens with one attached hydrogen (secondary N) is 1. The number of fused-ring (bicyclic) bond motifs is 1. The standard InChI is InChI=1S/C15H13BrN2O/c1-10(8-17)9-18-15-13(19-2)7-6-11-4-3-5-12(16)14(11)15/h3-7,18H,1,9H2,2H3. The summed E-state index contributed by atoms with van der Waals surface area (Å²) in [5.41, 5.74) is 1.34. The number of rotatable bonds is 4. The molecule has 0 saturated heterocycles. The third-order valence-electron chi connectivity index (χ3n) is 2.81. The fourth-order valence-corrected chi connectivity index (χ4v) is 2.48. The first kappa shape index (κ1) is 13.4. The van der Waals surface area contributed by atoms with E-state index in [0.717, 1.165) is 26.7 Å². The Kier molecular flexibility index (Phi) is 4.08. The van der Waals surface area contributed by atoms with Gasteiger partial charge in [0, 0.05) is 22.0 Å². The second-order valence-corrected chi connectivity index (χ2v) is 4.90. The van der Waals surface area contributed by atoms with E-state index < -0.39 is 0 Å². The Morgan fingerprint density at radius 3 is 2.89 bits per heavy atom. The predicted molar refractivity (Wildman–Crippen MR) is 81.4 cm³/mol. The number of anilines is 1. The number of hydrogen-bond acceptors (Lipinski definition) is 3. The first-order valence-corrected chi connectivity index (χ1v) is 6.53. The lowest BCUT2D eigenvalue weighted by Crippen LogP contribution is -2.05. The number of nitriles is 1. The van der Waals surface area contributed by atoms with Gasteiger partial charge in [-0.3, -0.25) is 0 Å². The zero-order chi connectivity index (χ0) is 13.8. The third kappa shape index (κ3) is 2.72. The van der Waals surface area contributed by atoms with E-state index in [1.54, 1.807) is 7.11 Å². The Bertz CT molecular complexity index is 674. The Hall–Kier alpha value is -1.99. The van der Waals surface area contributed by atoms with E-state index >= 15 is 0 Å². The number of benzene rings is 2. The van der Waals surface area contributed by atoms with Crippen LogP contribution in [0.2, 0.25) is 0 Å². The van der Waals surface area contributed by atoms with Gasteiger partial charge in [0.1, 0.15) is 5.75 Å².